The number of para-hydroxylation sites is 1. The molecule has 1 aromatic carbocycles. The third kappa shape index (κ3) is 4.69. The molecule has 7 nitrogen and oxygen atoms in total. The highest BCUT2D eigenvalue weighted by Crippen LogP contribution is 2.20. The molecule has 0 radical (unpaired) electrons. The standard InChI is InChI=1S/C19H25N3O4S/c1-13-10-21(11-14(2)26-13)17(23)12-27-19-20-16-7-5-4-6-15(16)18(24)22(19)8-9-25-3/h4-7,13-14H,8-12H2,1-3H3/t13-,14+. The summed E-state index contributed by atoms with van der Waals surface area (Å²) < 4.78 is 12.4. The van der Waals surface area contributed by atoms with Crippen molar-refractivity contribution in [2.75, 3.05) is 32.6 Å². The molecule has 1 aliphatic rings. The molecule has 8 heteroatoms. The zero-order valence-electron chi connectivity index (χ0n) is 15.9. The van der Waals surface area contributed by atoms with Gasteiger partial charge >= 0.3 is 0 Å². The van der Waals surface area contributed by atoms with Crippen LogP contribution in [0.15, 0.2) is 34.2 Å². The van der Waals surface area contributed by atoms with Crippen LogP contribution in [0, 0.1) is 0 Å². The van der Waals surface area contributed by atoms with Gasteiger partial charge in [0.1, 0.15) is 0 Å². The summed E-state index contributed by atoms with van der Waals surface area (Å²) in [4.78, 5) is 31.9. The van der Waals surface area contributed by atoms with Crippen LogP contribution in [-0.2, 0) is 20.8 Å². The molecule has 1 amide bonds. The molecular formula is C19H25N3O4S. The van der Waals surface area contributed by atoms with E-state index in [1.165, 1.54) is 11.8 Å². The first-order valence-corrected chi connectivity index (χ1v) is 10.0. The van der Waals surface area contributed by atoms with Crippen molar-refractivity contribution >= 4 is 28.6 Å². The lowest BCUT2D eigenvalue weighted by molar-refractivity contribution is -0.140. The average Bonchev–Trinajstić information content (AvgIpc) is 2.65. The molecule has 0 unspecified atom stereocenters. The number of benzene rings is 1. The number of amides is 1. The average molecular weight is 391 g/mol. The monoisotopic (exact) mass is 391 g/mol. The van der Waals surface area contributed by atoms with Gasteiger partial charge in [0, 0.05) is 20.2 Å². The Hall–Kier alpha value is -1.90. The Balaban J connectivity index is 1.80. The molecule has 0 spiro atoms. The SMILES string of the molecule is COCCn1c(SCC(=O)N2C[C@@H](C)O[C@@H](C)C2)nc2ccccc2c1=O. The minimum absolute atomic E-state index is 0.0291. The second kappa shape index (κ2) is 8.86. The van der Waals surface area contributed by atoms with Gasteiger partial charge in [-0.2, -0.15) is 0 Å². The van der Waals surface area contributed by atoms with Crippen LogP contribution in [0.4, 0.5) is 0 Å². The zero-order valence-corrected chi connectivity index (χ0v) is 16.7. The van der Waals surface area contributed by atoms with E-state index in [2.05, 4.69) is 4.98 Å². The van der Waals surface area contributed by atoms with E-state index in [1.807, 2.05) is 36.9 Å². The first-order valence-electron chi connectivity index (χ1n) is 9.04. The van der Waals surface area contributed by atoms with Crippen LogP contribution in [0.1, 0.15) is 13.8 Å². The van der Waals surface area contributed by atoms with Crippen molar-refractivity contribution in [3.63, 3.8) is 0 Å². The maximum Gasteiger partial charge on any atom is 0.262 e. The van der Waals surface area contributed by atoms with Crippen LogP contribution in [-0.4, -0.2) is 65.1 Å². The van der Waals surface area contributed by atoms with Crippen LogP contribution in [0.25, 0.3) is 10.9 Å². The second-order valence-corrected chi connectivity index (χ2v) is 7.65. The molecule has 2 aromatic rings. The molecule has 3 rings (SSSR count). The molecule has 1 aliphatic heterocycles. The summed E-state index contributed by atoms with van der Waals surface area (Å²) in [6.45, 7) is 5.92. The van der Waals surface area contributed by atoms with Gasteiger partial charge in [-0.05, 0) is 26.0 Å². The van der Waals surface area contributed by atoms with E-state index in [0.717, 1.165) is 0 Å². The number of hydrogen-bond donors (Lipinski definition) is 0. The van der Waals surface area contributed by atoms with Crippen molar-refractivity contribution in [2.24, 2.45) is 0 Å². The molecule has 0 bridgehead atoms. The predicted molar refractivity (Wildman–Crippen MR) is 105 cm³/mol. The van der Waals surface area contributed by atoms with E-state index in [-0.39, 0.29) is 29.4 Å². The van der Waals surface area contributed by atoms with E-state index in [0.29, 0.717) is 42.3 Å². The maximum absolute atomic E-state index is 12.8. The van der Waals surface area contributed by atoms with E-state index in [9.17, 15) is 9.59 Å². The lowest BCUT2D eigenvalue weighted by atomic mass is 10.2. The Morgan fingerprint density at radius 2 is 2.00 bits per heavy atom. The van der Waals surface area contributed by atoms with Gasteiger partial charge < -0.3 is 14.4 Å². The maximum atomic E-state index is 12.8. The molecule has 0 aliphatic carbocycles. The molecule has 1 fully saturated rings. The minimum atomic E-state index is -0.110. The molecule has 146 valence electrons. The Morgan fingerprint density at radius 1 is 1.30 bits per heavy atom. The van der Waals surface area contributed by atoms with E-state index in [1.54, 1.807) is 17.7 Å². The van der Waals surface area contributed by atoms with Crippen molar-refractivity contribution in [1.29, 1.82) is 0 Å². The Morgan fingerprint density at radius 3 is 2.70 bits per heavy atom. The normalized spacial score (nSPS) is 20.2. The summed E-state index contributed by atoms with van der Waals surface area (Å²) in [5.74, 6) is 0.264. The second-order valence-electron chi connectivity index (χ2n) is 6.71. The quantitative estimate of drug-likeness (QED) is 0.552. The fraction of sp³-hybridized carbons (Fsp3) is 0.526. The Labute approximate surface area is 162 Å². The van der Waals surface area contributed by atoms with Gasteiger partial charge in [-0.3, -0.25) is 14.2 Å². The smallest absolute Gasteiger partial charge is 0.262 e. The van der Waals surface area contributed by atoms with Crippen LogP contribution < -0.4 is 5.56 Å². The van der Waals surface area contributed by atoms with Crippen LogP contribution in [0.3, 0.4) is 0 Å². The number of ether oxygens (including phenoxy) is 2. The third-order valence-corrected chi connectivity index (χ3v) is 5.40. The van der Waals surface area contributed by atoms with Gasteiger partial charge in [-0.25, -0.2) is 4.98 Å². The lowest BCUT2D eigenvalue weighted by Crippen LogP contribution is -2.48. The van der Waals surface area contributed by atoms with Gasteiger partial charge in [-0.15, -0.1) is 0 Å². The van der Waals surface area contributed by atoms with E-state index in [4.69, 9.17) is 9.47 Å². The van der Waals surface area contributed by atoms with Gasteiger partial charge in [-0.1, -0.05) is 23.9 Å². The minimum Gasteiger partial charge on any atom is -0.383 e. The predicted octanol–water partition coefficient (Wildman–Crippen LogP) is 1.77. The lowest BCUT2D eigenvalue weighted by Gasteiger charge is -2.35. The highest BCUT2D eigenvalue weighted by atomic mass is 32.2. The summed E-state index contributed by atoms with van der Waals surface area (Å²) in [6.07, 6.45) is 0.0581. The zero-order chi connectivity index (χ0) is 19.4. The first kappa shape index (κ1) is 19.9. The summed E-state index contributed by atoms with van der Waals surface area (Å²) in [6, 6.07) is 7.26. The summed E-state index contributed by atoms with van der Waals surface area (Å²) in [5.41, 5.74) is 0.529. The number of fused-ring (bicyclic) bond motifs is 1. The number of aromatic nitrogens is 2. The number of rotatable bonds is 6. The molecule has 2 atom stereocenters. The van der Waals surface area contributed by atoms with E-state index >= 15 is 0 Å². The molecule has 1 aromatic heterocycles. The number of thioether (sulfide) groups is 1. The molecule has 2 heterocycles. The molecule has 27 heavy (non-hydrogen) atoms. The molecule has 0 N–H and O–H groups in total. The van der Waals surface area contributed by atoms with Crippen LogP contribution in [0.2, 0.25) is 0 Å². The number of morpholine rings is 1. The first-order chi connectivity index (χ1) is 13.0. The van der Waals surface area contributed by atoms with Gasteiger partial charge in [0.25, 0.3) is 5.56 Å². The Kier molecular flexibility index (Phi) is 6.51. The summed E-state index contributed by atoms with van der Waals surface area (Å²) in [5, 5.41) is 1.11. The number of carbonyl (C=O) groups excluding carboxylic acids is 1. The fourth-order valence-electron chi connectivity index (χ4n) is 3.24. The number of nitrogens with zero attached hydrogens (tertiary/aromatic N) is 3. The fourth-order valence-corrected chi connectivity index (χ4v) is 4.16. The topological polar surface area (TPSA) is 73.7 Å². The van der Waals surface area contributed by atoms with Crippen molar-refractivity contribution < 1.29 is 14.3 Å². The molecule has 0 saturated carbocycles. The molecular weight excluding hydrogens is 366 g/mol. The number of methoxy groups -OCH3 is 1. The van der Waals surface area contributed by atoms with Crippen LogP contribution >= 0.6 is 11.8 Å². The van der Waals surface area contributed by atoms with Crippen molar-refractivity contribution in [2.45, 2.75) is 37.8 Å². The van der Waals surface area contributed by atoms with Gasteiger partial charge in [0.05, 0.1) is 42.0 Å². The summed E-state index contributed by atoms with van der Waals surface area (Å²) in [7, 11) is 1.59. The van der Waals surface area contributed by atoms with Crippen LogP contribution in [0.5, 0.6) is 0 Å². The number of carbonyl (C=O) groups is 1. The van der Waals surface area contributed by atoms with Crippen molar-refractivity contribution in [3.05, 3.63) is 34.6 Å². The molecule has 1 saturated heterocycles. The van der Waals surface area contributed by atoms with Gasteiger partial charge in [0.2, 0.25) is 5.91 Å². The third-order valence-electron chi connectivity index (χ3n) is 4.44. The van der Waals surface area contributed by atoms with Crippen molar-refractivity contribution in [1.82, 2.24) is 14.5 Å². The summed E-state index contributed by atoms with van der Waals surface area (Å²) >= 11 is 1.29. The van der Waals surface area contributed by atoms with Crippen molar-refractivity contribution in [3.8, 4) is 0 Å². The largest absolute Gasteiger partial charge is 0.383 e. The van der Waals surface area contributed by atoms with Gasteiger partial charge in [0.15, 0.2) is 5.16 Å². The number of hydrogen-bond acceptors (Lipinski definition) is 6. The van der Waals surface area contributed by atoms with E-state index < -0.39 is 0 Å². The Bertz CT molecular complexity index is 860. The highest BCUT2D eigenvalue weighted by Gasteiger charge is 2.26. The highest BCUT2D eigenvalue weighted by molar-refractivity contribution is 7.99.